The fourth-order valence-electron chi connectivity index (χ4n) is 2.70. The van der Waals surface area contributed by atoms with Crippen molar-refractivity contribution < 1.29 is 14.3 Å². The lowest BCUT2D eigenvalue weighted by Gasteiger charge is -2.19. The summed E-state index contributed by atoms with van der Waals surface area (Å²) >= 11 is 1.47. The van der Waals surface area contributed by atoms with Crippen molar-refractivity contribution >= 4 is 29.1 Å². The predicted molar refractivity (Wildman–Crippen MR) is 90.7 cm³/mol. The molecule has 2 aromatic rings. The van der Waals surface area contributed by atoms with Crippen LogP contribution in [-0.4, -0.2) is 33.1 Å². The molecule has 0 bridgehead atoms. The van der Waals surface area contributed by atoms with E-state index in [9.17, 15) is 9.59 Å². The Morgan fingerprint density at radius 1 is 1.46 bits per heavy atom. The SMILES string of the molecule is CC(Sc1nccn1C1CC1)C(=O)c1ccc2c(c1)NC(=O)CO2. The summed E-state index contributed by atoms with van der Waals surface area (Å²) in [5.41, 5.74) is 1.11. The first kappa shape index (κ1) is 15.3. The third kappa shape index (κ3) is 2.91. The highest BCUT2D eigenvalue weighted by atomic mass is 32.2. The van der Waals surface area contributed by atoms with Crippen LogP contribution in [0.5, 0.6) is 5.75 Å². The number of nitrogens with zero attached hydrogens (tertiary/aromatic N) is 2. The van der Waals surface area contributed by atoms with E-state index in [1.165, 1.54) is 24.6 Å². The molecule has 0 radical (unpaired) electrons. The molecule has 1 aliphatic heterocycles. The Balaban J connectivity index is 1.51. The van der Waals surface area contributed by atoms with Crippen LogP contribution >= 0.6 is 11.8 Å². The van der Waals surface area contributed by atoms with Crippen LogP contribution in [0, 0.1) is 0 Å². The number of carbonyl (C=O) groups excluding carboxylic acids is 2. The first-order valence-corrected chi connectivity index (χ1v) is 8.80. The number of ether oxygens (including phenoxy) is 1. The van der Waals surface area contributed by atoms with Crippen LogP contribution in [0.3, 0.4) is 0 Å². The lowest BCUT2D eigenvalue weighted by molar-refractivity contribution is -0.118. The van der Waals surface area contributed by atoms with Crippen molar-refractivity contribution in [3.63, 3.8) is 0 Å². The molecule has 6 nitrogen and oxygen atoms in total. The van der Waals surface area contributed by atoms with Crippen molar-refractivity contribution in [3.8, 4) is 5.75 Å². The zero-order valence-electron chi connectivity index (χ0n) is 13.2. The Bertz CT molecular complexity index is 813. The Hall–Kier alpha value is -2.28. The van der Waals surface area contributed by atoms with Crippen LogP contribution < -0.4 is 10.1 Å². The summed E-state index contributed by atoms with van der Waals surface area (Å²) < 4.78 is 7.47. The molecule has 7 heteroatoms. The molecule has 24 heavy (non-hydrogen) atoms. The van der Waals surface area contributed by atoms with Gasteiger partial charge in [0, 0.05) is 24.0 Å². The molecule has 1 saturated carbocycles. The molecule has 1 aromatic heterocycles. The maximum absolute atomic E-state index is 12.7. The number of imidazole rings is 1. The molecular weight excluding hydrogens is 326 g/mol. The molecule has 1 amide bonds. The first-order valence-electron chi connectivity index (χ1n) is 7.92. The third-order valence-corrected chi connectivity index (χ3v) is 5.22. The highest BCUT2D eigenvalue weighted by molar-refractivity contribution is 8.00. The monoisotopic (exact) mass is 343 g/mol. The molecule has 1 atom stereocenters. The van der Waals surface area contributed by atoms with Crippen molar-refractivity contribution in [1.82, 2.24) is 9.55 Å². The number of hydrogen-bond acceptors (Lipinski definition) is 5. The number of benzene rings is 1. The normalized spacial score (nSPS) is 17.6. The van der Waals surface area contributed by atoms with Crippen molar-refractivity contribution in [2.75, 3.05) is 11.9 Å². The zero-order chi connectivity index (χ0) is 16.7. The minimum absolute atomic E-state index is 0.00738. The van der Waals surface area contributed by atoms with Gasteiger partial charge >= 0.3 is 0 Å². The third-order valence-electron chi connectivity index (χ3n) is 4.12. The molecule has 1 unspecified atom stereocenters. The minimum Gasteiger partial charge on any atom is -0.482 e. The highest BCUT2D eigenvalue weighted by Gasteiger charge is 2.28. The van der Waals surface area contributed by atoms with Gasteiger partial charge in [0.25, 0.3) is 5.91 Å². The second-order valence-electron chi connectivity index (χ2n) is 6.02. The number of fused-ring (bicyclic) bond motifs is 1. The van der Waals surface area contributed by atoms with Crippen LogP contribution in [0.25, 0.3) is 0 Å². The van der Waals surface area contributed by atoms with Crippen LogP contribution in [0.1, 0.15) is 36.2 Å². The molecule has 2 heterocycles. The number of anilines is 1. The second kappa shape index (κ2) is 5.98. The van der Waals surface area contributed by atoms with Gasteiger partial charge in [0.2, 0.25) is 0 Å². The van der Waals surface area contributed by atoms with Gasteiger partial charge in [-0.25, -0.2) is 4.98 Å². The van der Waals surface area contributed by atoms with Crippen molar-refractivity contribution in [2.24, 2.45) is 0 Å². The van der Waals surface area contributed by atoms with Gasteiger partial charge in [-0.15, -0.1) is 0 Å². The number of thioether (sulfide) groups is 1. The van der Waals surface area contributed by atoms with Gasteiger partial charge in [-0.1, -0.05) is 11.8 Å². The molecule has 0 spiro atoms. The van der Waals surface area contributed by atoms with Crippen molar-refractivity contribution in [1.29, 1.82) is 0 Å². The van der Waals surface area contributed by atoms with Crippen molar-refractivity contribution in [3.05, 3.63) is 36.2 Å². The van der Waals surface area contributed by atoms with Crippen LogP contribution in [0.15, 0.2) is 35.7 Å². The first-order chi connectivity index (χ1) is 11.6. The maximum Gasteiger partial charge on any atom is 0.262 e. The van der Waals surface area contributed by atoms with Gasteiger partial charge in [-0.2, -0.15) is 0 Å². The van der Waals surface area contributed by atoms with E-state index >= 15 is 0 Å². The molecule has 4 rings (SSSR count). The topological polar surface area (TPSA) is 73.2 Å². The number of nitrogens with one attached hydrogen (secondary N) is 1. The molecule has 1 N–H and O–H groups in total. The Morgan fingerprint density at radius 3 is 3.08 bits per heavy atom. The highest BCUT2D eigenvalue weighted by Crippen LogP contribution is 2.39. The number of amides is 1. The Morgan fingerprint density at radius 2 is 2.29 bits per heavy atom. The Kier molecular flexibility index (Phi) is 3.80. The number of Topliss-reactive ketones (excluding diaryl/α,β-unsaturated/α-hetero) is 1. The van der Waals surface area contributed by atoms with Gasteiger partial charge in [-0.05, 0) is 38.0 Å². The predicted octanol–water partition coefficient (Wildman–Crippen LogP) is 2.91. The summed E-state index contributed by atoms with van der Waals surface area (Å²) in [5.74, 6) is 0.393. The van der Waals surface area contributed by atoms with Crippen LogP contribution in [0.2, 0.25) is 0 Å². The number of ketones is 1. The average molecular weight is 343 g/mol. The number of rotatable bonds is 5. The zero-order valence-corrected chi connectivity index (χ0v) is 14.0. The smallest absolute Gasteiger partial charge is 0.262 e. The van der Waals surface area contributed by atoms with E-state index in [4.69, 9.17) is 4.74 Å². The lowest BCUT2D eigenvalue weighted by atomic mass is 10.1. The molecule has 1 fully saturated rings. The summed E-state index contributed by atoms with van der Waals surface area (Å²) in [7, 11) is 0. The van der Waals surface area contributed by atoms with Crippen LogP contribution in [-0.2, 0) is 4.79 Å². The largest absolute Gasteiger partial charge is 0.482 e. The summed E-state index contributed by atoms with van der Waals surface area (Å²) in [6.45, 7) is 1.89. The minimum atomic E-state index is -0.261. The molecule has 0 saturated heterocycles. The van der Waals surface area contributed by atoms with E-state index in [2.05, 4.69) is 14.9 Å². The van der Waals surface area contributed by atoms with E-state index in [1.54, 1.807) is 24.4 Å². The summed E-state index contributed by atoms with van der Waals surface area (Å²) in [5, 5.41) is 3.35. The second-order valence-corrected chi connectivity index (χ2v) is 7.33. The van der Waals surface area contributed by atoms with E-state index in [0.29, 0.717) is 23.0 Å². The van der Waals surface area contributed by atoms with Crippen molar-refractivity contribution in [2.45, 2.75) is 36.2 Å². The molecule has 2 aliphatic rings. The van der Waals surface area contributed by atoms with E-state index < -0.39 is 0 Å². The van der Waals surface area contributed by atoms with Gasteiger partial charge < -0.3 is 14.6 Å². The molecular formula is C17H17N3O3S. The number of aromatic nitrogens is 2. The molecule has 1 aromatic carbocycles. The summed E-state index contributed by atoms with van der Waals surface area (Å²) in [4.78, 5) is 28.5. The molecule has 1 aliphatic carbocycles. The number of carbonyl (C=O) groups is 2. The maximum atomic E-state index is 12.7. The Labute approximate surface area is 143 Å². The van der Waals surface area contributed by atoms with Crippen LogP contribution in [0.4, 0.5) is 5.69 Å². The fraction of sp³-hybridized carbons (Fsp3) is 0.353. The van der Waals surface area contributed by atoms with Gasteiger partial charge in [0.05, 0.1) is 10.9 Å². The van der Waals surface area contributed by atoms with E-state index in [1.807, 2.05) is 13.1 Å². The summed E-state index contributed by atoms with van der Waals surface area (Å²) in [6.07, 6.45) is 6.11. The molecule has 124 valence electrons. The van der Waals surface area contributed by atoms with E-state index in [0.717, 1.165) is 5.16 Å². The summed E-state index contributed by atoms with van der Waals surface area (Å²) in [6, 6.07) is 5.68. The average Bonchev–Trinajstić information content (AvgIpc) is 3.33. The van der Waals surface area contributed by atoms with E-state index in [-0.39, 0.29) is 23.5 Å². The van der Waals surface area contributed by atoms with Gasteiger partial charge in [0.1, 0.15) is 5.75 Å². The van der Waals surface area contributed by atoms with Gasteiger partial charge in [0.15, 0.2) is 17.5 Å². The number of hydrogen-bond donors (Lipinski definition) is 1. The van der Waals surface area contributed by atoms with Gasteiger partial charge in [-0.3, -0.25) is 9.59 Å². The fourth-order valence-corrected chi connectivity index (χ4v) is 3.72. The standard InChI is InChI=1S/C17H17N3O3S/c1-10(24-17-18-6-7-20(17)12-3-4-12)16(22)11-2-5-14-13(8-11)19-15(21)9-23-14/h2,5-8,10,12H,3-4,9H2,1H3,(H,19,21). The lowest BCUT2D eigenvalue weighted by Crippen LogP contribution is -2.25. The quantitative estimate of drug-likeness (QED) is 0.667.